The van der Waals surface area contributed by atoms with Gasteiger partial charge in [-0.1, -0.05) is 6.92 Å². The van der Waals surface area contributed by atoms with Gasteiger partial charge in [0, 0.05) is 19.2 Å². The Labute approximate surface area is 170 Å². The van der Waals surface area contributed by atoms with Gasteiger partial charge in [-0.15, -0.1) is 0 Å². The van der Waals surface area contributed by atoms with Gasteiger partial charge in [-0.05, 0) is 30.7 Å². The molecule has 2 rings (SSSR count). The van der Waals surface area contributed by atoms with E-state index in [4.69, 9.17) is 10.5 Å². The van der Waals surface area contributed by atoms with Gasteiger partial charge in [0.1, 0.15) is 23.7 Å². The summed E-state index contributed by atoms with van der Waals surface area (Å²) in [6.07, 6.45) is 0.540. The summed E-state index contributed by atoms with van der Waals surface area (Å²) in [5, 5.41) is 2.26. The maximum Gasteiger partial charge on any atom is 0.332 e. The summed E-state index contributed by atoms with van der Waals surface area (Å²) in [7, 11) is 1.21. The smallest absolute Gasteiger partial charge is 0.332 e. The molecule has 1 amide bonds. The minimum atomic E-state index is -0.934. The average molecular weight is 420 g/mol. The Balaban J connectivity index is 2.02. The standard InChI is InChI=1S/C19H21FN4O6/c1-3-8-24-16(21)15(18(28)23(2)19(24)29)13(25)10-30-14(26)9-22-17(27)11-4-6-12(20)7-5-11/h4-7H,3,8-10,21H2,1-2H3,(H,22,27). The van der Waals surface area contributed by atoms with Gasteiger partial charge in [-0.3, -0.25) is 28.3 Å². The highest BCUT2D eigenvalue weighted by Gasteiger charge is 2.22. The van der Waals surface area contributed by atoms with Crippen molar-refractivity contribution in [1.29, 1.82) is 0 Å². The fourth-order valence-electron chi connectivity index (χ4n) is 2.61. The Bertz CT molecular complexity index is 1090. The largest absolute Gasteiger partial charge is 0.456 e. The monoisotopic (exact) mass is 420 g/mol. The minimum Gasteiger partial charge on any atom is -0.456 e. The summed E-state index contributed by atoms with van der Waals surface area (Å²) in [5.41, 5.74) is 3.96. The van der Waals surface area contributed by atoms with Crippen LogP contribution in [0.2, 0.25) is 0 Å². The van der Waals surface area contributed by atoms with Crippen LogP contribution in [-0.2, 0) is 23.1 Å². The first kappa shape index (κ1) is 22.5. The van der Waals surface area contributed by atoms with E-state index in [0.717, 1.165) is 21.3 Å². The molecule has 0 aliphatic rings. The molecule has 2 aromatic rings. The van der Waals surface area contributed by atoms with Crippen molar-refractivity contribution < 1.29 is 23.5 Å². The summed E-state index contributed by atoms with van der Waals surface area (Å²) < 4.78 is 19.5. The van der Waals surface area contributed by atoms with Crippen LogP contribution >= 0.6 is 0 Å². The fraction of sp³-hybridized carbons (Fsp3) is 0.316. The number of carbonyl (C=O) groups excluding carboxylic acids is 3. The summed E-state index contributed by atoms with van der Waals surface area (Å²) in [4.78, 5) is 60.5. The molecule has 0 radical (unpaired) electrons. The average Bonchev–Trinajstić information content (AvgIpc) is 2.72. The highest BCUT2D eigenvalue weighted by Crippen LogP contribution is 2.07. The van der Waals surface area contributed by atoms with Crippen LogP contribution in [0.3, 0.4) is 0 Å². The lowest BCUT2D eigenvalue weighted by atomic mass is 10.2. The number of ether oxygens (including phenoxy) is 1. The molecule has 1 aromatic carbocycles. The molecule has 0 spiro atoms. The topological polar surface area (TPSA) is 142 Å². The number of nitrogens with two attached hydrogens (primary N) is 1. The van der Waals surface area contributed by atoms with Gasteiger partial charge in [0.15, 0.2) is 6.61 Å². The minimum absolute atomic E-state index is 0.134. The van der Waals surface area contributed by atoms with Crippen molar-refractivity contribution in [3.63, 3.8) is 0 Å². The number of anilines is 1. The maximum absolute atomic E-state index is 12.9. The zero-order valence-electron chi connectivity index (χ0n) is 16.4. The van der Waals surface area contributed by atoms with E-state index in [-0.39, 0.29) is 17.9 Å². The number of rotatable bonds is 8. The molecule has 0 aliphatic carbocycles. The van der Waals surface area contributed by atoms with Crippen LogP contribution < -0.4 is 22.3 Å². The third kappa shape index (κ3) is 4.99. The number of carbonyl (C=O) groups is 3. The maximum atomic E-state index is 12.9. The molecule has 0 atom stereocenters. The van der Waals surface area contributed by atoms with E-state index in [1.165, 1.54) is 19.2 Å². The molecule has 0 aliphatic heterocycles. The molecule has 0 saturated carbocycles. The molecule has 160 valence electrons. The van der Waals surface area contributed by atoms with E-state index in [9.17, 15) is 28.4 Å². The lowest BCUT2D eigenvalue weighted by molar-refractivity contribution is -0.141. The summed E-state index contributed by atoms with van der Waals surface area (Å²) in [5.74, 6) is -3.26. The summed E-state index contributed by atoms with van der Waals surface area (Å²) >= 11 is 0. The van der Waals surface area contributed by atoms with Crippen molar-refractivity contribution in [2.75, 3.05) is 18.9 Å². The van der Waals surface area contributed by atoms with E-state index < -0.39 is 53.4 Å². The number of aromatic nitrogens is 2. The van der Waals surface area contributed by atoms with Gasteiger partial charge in [0.25, 0.3) is 11.5 Å². The van der Waals surface area contributed by atoms with Crippen molar-refractivity contribution in [2.24, 2.45) is 7.05 Å². The lowest BCUT2D eigenvalue weighted by Gasteiger charge is -2.14. The van der Waals surface area contributed by atoms with Crippen LogP contribution in [0.15, 0.2) is 33.9 Å². The Morgan fingerprint density at radius 3 is 2.40 bits per heavy atom. The molecular formula is C19H21FN4O6. The third-order valence-electron chi connectivity index (χ3n) is 4.17. The number of nitrogens with one attached hydrogen (secondary N) is 1. The first-order chi connectivity index (χ1) is 14.2. The number of nitrogens with zero attached hydrogens (tertiary/aromatic N) is 2. The molecule has 0 saturated heterocycles. The van der Waals surface area contributed by atoms with Gasteiger partial charge in [-0.2, -0.15) is 0 Å². The second-order valence-electron chi connectivity index (χ2n) is 6.33. The number of benzene rings is 1. The highest BCUT2D eigenvalue weighted by atomic mass is 19.1. The predicted molar refractivity (Wildman–Crippen MR) is 105 cm³/mol. The molecule has 10 nitrogen and oxygen atoms in total. The van der Waals surface area contributed by atoms with Crippen LogP contribution in [0.25, 0.3) is 0 Å². The highest BCUT2D eigenvalue weighted by molar-refractivity contribution is 6.01. The first-order valence-corrected chi connectivity index (χ1v) is 8.99. The van der Waals surface area contributed by atoms with E-state index in [1.807, 2.05) is 0 Å². The van der Waals surface area contributed by atoms with Crippen molar-refractivity contribution in [2.45, 2.75) is 19.9 Å². The molecule has 0 fully saturated rings. The van der Waals surface area contributed by atoms with E-state index in [1.54, 1.807) is 6.92 Å². The number of halogens is 1. The fourth-order valence-corrected chi connectivity index (χ4v) is 2.61. The van der Waals surface area contributed by atoms with Gasteiger partial charge in [0.2, 0.25) is 5.78 Å². The molecule has 0 bridgehead atoms. The molecular weight excluding hydrogens is 399 g/mol. The number of hydrogen-bond donors (Lipinski definition) is 2. The predicted octanol–water partition coefficient (Wildman–Crippen LogP) is -0.166. The van der Waals surface area contributed by atoms with Gasteiger partial charge >= 0.3 is 11.7 Å². The zero-order valence-corrected chi connectivity index (χ0v) is 16.4. The first-order valence-electron chi connectivity index (χ1n) is 8.99. The summed E-state index contributed by atoms with van der Waals surface area (Å²) in [6, 6.07) is 4.66. The van der Waals surface area contributed by atoms with E-state index in [0.29, 0.717) is 6.42 Å². The molecule has 0 unspecified atom stereocenters. The van der Waals surface area contributed by atoms with Crippen LogP contribution in [0.4, 0.5) is 10.2 Å². The number of nitrogen functional groups attached to an aromatic ring is 1. The number of hydrogen-bond acceptors (Lipinski definition) is 7. The quantitative estimate of drug-likeness (QED) is 0.446. The number of Topliss-reactive ketones (excluding diaryl/α,β-unsaturated/α-hetero) is 1. The van der Waals surface area contributed by atoms with Gasteiger partial charge in [-0.25, -0.2) is 9.18 Å². The number of esters is 1. The van der Waals surface area contributed by atoms with Crippen LogP contribution in [0, 0.1) is 5.82 Å². The van der Waals surface area contributed by atoms with Crippen molar-refractivity contribution in [3.8, 4) is 0 Å². The van der Waals surface area contributed by atoms with Crippen molar-refractivity contribution in [1.82, 2.24) is 14.5 Å². The lowest BCUT2D eigenvalue weighted by Crippen LogP contribution is -2.43. The number of amides is 1. The van der Waals surface area contributed by atoms with Gasteiger partial charge < -0.3 is 15.8 Å². The molecule has 1 aromatic heterocycles. The second-order valence-corrected chi connectivity index (χ2v) is 6.33. The van der Waals surface area contributed by atoms with E-state index >= 15 is 0 Å². The van der Waals surface area contributed by atoms with Crippen molar-refractivity contribution >= 4 is 23.5 Å². The summed E-state index contributed by atoms with van der Waals surface area (Å²) in [6.45, 7) is 0.649. The van der Waals surface area contributed by atoms with Gasteiger partial charge in [0.05, 0.1) is 0 Å². The van der Waals surface area contributed by atoms with Crippen LogP contribution in [0.1, 0.15) is 34.1 Å². The van der Waals surface area contributed by atoms with Crippen molar-refractivity contribution in [3.05, 3.63) is 62.0 Å². The number of ketones is 1. The normalized spacial score (nSPS) is 10.5. The Morgan fingerprint density at radius 1 is 1.17 bits per heavy atom. The molecule has 3 N–H and O–H groups in total. The van der Waals surface area contributed by atoms with Crippen LogP contribution in [0.5, 0.6) is 0 Å². The van der Waals surface area contributed by atoms with Crippen LogP contribution in [-0.4, -0.2) is 39.9 Å². The third-order valence-corrected chi connectivity index (χ3v) is 4.17. The Kier molecular flexibility index (Phi) is 7.23. The zero-order chi connectivity index (χ0) is 22.4. The Morgan fingerprint density at radius 2 is 1.80 bits per heavy atom. The molecule has 11 heteroatoms. The molecule has 30 heavy (non-hydrogen) atoms. The molecule has 1 heterocycles. The SMILES string of the molecule is CCCn1c(N)c(C(=O)COC(=O)CNC(=O)c2ccc(F)cc2)c(=O)n(C)c1=O. The Hall–Kier alpha value is -3.76. The second kappa shape index (κ2) is 9.63. The van der Waals surface area contributed by atoms with E-state index in [2.05, 4.69) is 5.32 Å².